The summed E-state index contributed by atoms with van der Waals surface area (Å²) in [6.07, 6.45) is 0.187. The molecule has 0 aromatic heterocycles. The molecule has 1 fully saturated rings. The Bertz CT molecular complexity index is 486. The molecule has 2 amide bonds. The molecule has 0 aromatic rings. The van der Waals surface area contributed by atoms with Crippen molar-refractivity contribution in [3.8, 4) is 0 Å². The second-order valence-electron chi connectivity index (χ2n) is 5.54. The maximum Gasteiger partial charge on any atom is 0.533 e. The number of hydrogen-bond donors (Lipinski definition) is 0. The molecule has 1 saturated heterocycles. The number of amides is 2. The fourth-order valence-corrected chi connectivity index (χ4v) is 3.49. The van der Waals surface area contributed by atoms with Gasteiger partial charge in [0.1, 0.15) is 13.2 Å². The first-order valence-electron chi connectivity index (χ1n) is 8.15. The number of rotatable bonds is 12. The van der Waals surface area contributed by atoms with Gasteiger partial charge in [-0.15, -0.1) is 0 Å². The summed E-state index contributed by atoms with van der Waals surface area (Å²) < 4.78 is 9.87. The second kappa shape index (κ2) is 12.8. The summed E-state index contributed by atoms with van der Waals surface area (Å²) in [4.78, 5) is 51.9. The minimum Gasteiger partial charge on any atom is -0.465 e. The van der Waals surface area contributed by atoms with Gasteiger partial charge in [0.15, 0.2) is 0 Å². The Balaban J connectivity index is 1.93. The summed E-state index contributed by atoms with van der Waals surface area (Å²) in [5.41, 5.74) is 0. The third-order valence-electron chi connectivity index (χ3n) is 3.06. The minimum atomic E-state index is -1.08. The van der Waals surface area contributed by atoms with E-state index < -0.39 is 18.0 Å². The van der Waals surface area contributed by atoms with Crippen LogP contribution < -0.4 is 0 Å². The summed E-state index contributed by atoms with van der Waals surface area (Å²) in [5, 5.41) is 0.442. The zero-order valence-corrected chi connectivity index (χ0v) is 16.6. The Labute approximate surface area is 160 Å². The van der Waals surface area contributed by atoms with Gasteiger partial charge in [-0.05, 0) is 27.1 Å². The lowest BCUT2D eigenvalue weighted by Crippen LogP contribution is -2.32. The molecule has 0 bridgehead atoms. The normalized spacial score (nSPS) is 14.0. The Hall–Kier alpha value is -1.46. The second-order valence-corrected chi connectivity index (χ2v) is 8.24. The van der Waals surface area contributed by atoms with Gasteiger partial charge in [0.25, 0.3) is 11.8 Å². The lowest BCUT2D eigenvalue weighted by Gasteiger charge is -2.12. The van der Waals surface area contributed by atoms with Gasteiger partial charge in [-0.2, -0.15) is 0 Å². The maximum atomic E-state index is 11.4. The monoisotopic (exact) mass is 408 g/mol. The molecule has 0 aromatic carbocycles. The first kappa shape index (κ1) is 22.6. The molecular weight excluding hydrogens is 384 g/mol. The number of imide groups is 1. The van der Waals surface area contributed by atoms with E-state index in [-0.39, 0.29) is 25.4 Å². The topological polar surface area (TPSA) is 102 Å². The fourth-order valence-electron chi connectivity index (χ4n) is 1.84. The Kier molecular flexibility index (Phi) is 11.1. The van der Waals surface area contributed by atoms with Gasteiger partial charge in [0.05, 0.1) is 0 Å². The van der Waals surface area contributed by atoms with Crippen molar-refractivity contribution in [2.75, 3.05) is 45.4 Å². The highest BCUT2D eigenvalue weighted by molar-refractivity contribution is 8.76. The third-order valence-corrected chi connectivity index (χ3v) is 5.39. The summed E-state index contributed by atoms with van der Waals surface area (Å²) in [7, 11) is 6.85. The van der Waals surface area contributed by atoms with Crippen LogP contribution in [0.1, 0.15) is 25.7 Å². The van der Waals surface area contributed by atoms with Crippen molar-refractivity contribution in [1.82, 2.24) is 9.96 Å². The van der Waals surface area contributed by atoms with Crippen molar-refractivity contribution in [3.63, 3.8) is 0 Å². The van der Waals surface area contributed by atoms with Gasteiger partial charge in [-0.3, -0.25) is 19.2 Å². The molecule has 0 spiro atoms. The molecule has 0 radical (unpaired) electrons. The van der Waals surface area contributed by atoms with Gasteiger partial charge < -0.3 is 14.4 Å². The van der Waals surface area contributed by atoms with E-state index >= 15 is 0 Å². The highest BCUT2D eigenvalue weighted by Gasteiger charge is 2.33. The molecule has 1 heterocycles. The molecule has 26 heavy (non-hydrogen) atoms. The number of carbonyl (C=O) groups excluding carboxylic acids is 4. The lowest BCUT2D eigenvalue weighted by molar-refractivity contribution is -0.176. The zero-order chi connectivity index (χ0) is 19.4. The van der Waals surface area contributed by atoms with Crippen LogP contribution in [0.4, 0.5) is 4.79 Å². The van der Waals surface area contributed by atoms with E-state index in [4.69, 9.17) is 9.47 Å². The molecule has 0 saturated carbocycles. The zero-order valence-electron chi connectivity index (χ0n) is 14.9. The van der Waals surface area contributed by atoms with Crippen molar-refractivity contribution in [2.24, 2.45) is 0 Å². The highest BCUT2D eigenvalue weighted by atomic mass is 33.1. The van der Waals surface area contributed by atoms with Crippen LogP contribution in [0.25, 0.3) is 0 Å². The Morgan fingerprint density at radius 2 is 1.62 bits per heavy atom. The van der Waals surface area contributed by atoms with Crippen molar-refractivity contribution >= 4 is 45.5 Å². The van der Waals surface area contributed by atoms with E-state index in [1.165, 1.54) is 21.6 Å². The van der Waals surface area contributed by atoms with Crippen molar-refractivity contribution < 1.29 is 33.5 Å². The van der Waals surface area contributed by atoms with E-state index in [0.717, 1.165) is 13.0 Å². The molecule has 0 atom stereocenters. The van der Waals surface area contributed by atoms with Gasteiger partial charge >= 0.3 is 12.1 Å². The molecule has 0 N–H and O–H groups in total. The molecule has 9 nitrogen and oxygen atoms in total. The molecule has 1 rings (SSSR count). The number of hydroxylamine groups is 2. The number of carbonyl (C=O) groups is 4. The summed E-state index contributed by atoms with van der Waals surface area (Å²) in [6, 6.07) is 0. The first-order chi connectivity index (χ1) is 12.4. The van der Waals surface area contributed by atoms with Gasteiger partial charge in [-0.1, -0.05) is 26.7 Å². The smallest absolute Gasteiger partial charge is 0.465 e. The van der Waals surface area contributed by atoms with E-state index in [2.05, 4.69) is 4.84 Å². The van der Waals surface area contributed by atoms with Crippen LogP contribution in [0.5, 0.6) is 0 Å². The quantitative estimate of drug-likeness (QED) is 0.204. The lowest BCUT2D eigenvalue weighted by atomic mass is 10.3. The van der Waals surface area contributed by atoms with Crippen LogP contribution in [0.2, 0.25) is 0 Å². The van der Waals surface area contributed by atoms with Crippen molar-refractivity contribution in [3.05, 3.63) is 0 Å². The predicted octanol–water partition coefficient (Wildman–Crippen LogP) is 1.47. The number of hydrogen-bond acceptors (Lipinski definition) is 10. The molecular formula is C15H24N2O7S2. The number of ether oxygens (including phenoxy) is 2. The van der Waals surface area contributed by atoms with Gasteiger partial charge in [0, 0.05) is 30.8 Å². The van der Waals surface area contributed by atoms with E-state index in [1.54, 1.807) is 0 Å². The average molecular weight is 408 g/mol. The Morgan fingerprint density at radius 1 is 1.04 bits per heavy atom. The van der Waals surface area contributed by atoms with Crippen molar-refractivity contribution in [1.29, 1.82) is 0 Å². The summed E-state index contributed by atoms with van der Waals surface area (Å²) >= 11 is 0. The molecule has 1 aliphatic rings. The molecule has 11 heteroatoms. The van der Waals surface area contributed by atoms with Crippen LogP contribution in [0, 0.1) is 0 Å². The standard InChI is InChI=1S/C15H24N2O7S2/c1-16(2)7-3-4-14(20)22-8-10-25-26-11-9-23-15(21)24-17-12(18)5-6-13(17)19/h3-11H2,1-2H3. The summed E-state index contributed by atoms with van der Waals surface area (Å²) in [5.74, 6) is -0.167. The van der Waals surface area contributed by atoms with Gasteiger partial charge in [-0.25, -0.2) is 4.79 Å². The number of esters is 1. The first-order valence-corrected chi connectivity index (χ1v) is 10.6. The van der Waals surface area contributed by atoms with E-state index in [0.29, 0.717) is 29.6 Å². The van der Waals surface area contributed by atoms with E-state index in [9.17, 15) is 19.2 Å². The Morgan fingerprint density at radius 3 is 2.19 bits per heavy atom. The predicted molar refractivity (Wildman–Crippen MR) is 97.2 cm³/mol. The molecule has 0 aliphatic carbocycles. The number of nitrogens with zero attached hydrogens (tertiary/aromatic N) is 2. The van der Waals surface area contributed by atoms with Crippen LogP contribution in [0.3, 0.4) is 0 Å². The average Bonchev–Trinajstić information content (AvgIpc) is 2.88. The summed E-state index contributed by atoms with van der Waals surface area (Å²) in [6.45, 7) is 1.26. The van der Waals surface area contributed by atoms with Crippen LogP contribution in [-0.2, 0) is 28.7 Å². The van der Waals surface area contributed by atoms with Gasteiger partial charge in [0.2, 0.25) is 0 Å². The fraction of sp³-hybridized carbons (Fsp3) is 0.733. The highest BCUT2D eigenvalue weighted by Crippen LogP contribution is 2.20. The molecule has 1 aliphatic heterocycles. The van der Waals surface area contributed by atoms with Crippen LogP contribution in [-0.4, -0.2) is 79.3 Å². The van der Waals surface area contributed by atoms with E-state index in [1.807, 2.05) is 19.0 Å². The van der Waals surface area contributed by atoms with Crippen molar-refractivity contribution in [2.45, 2.75) is 25.7 Å². The van der Waals surface area contributed by atoms with Crippen LogP contribution in [0.15, 0.2) is 0 Å². The molecule has 0 unspecified atom stereocenters. The minimum absolute atomic E-state index is 0.0405. The third kappa shape index (κ3) is 9.88. The SMILES string of the molecule is CN(C)CCCC(=O)OCCSSCCOC(=O)ON1C(=O)CCC1=O. The largest absolute Gasteiger partial charge is 0.533 e. The molecule has 148 valence electrons. The maximum absolute atomic E-state index is 11.4. The van der Waals surface area contributed by atoms with Crippen LogP contribution >= 0.6 is 21.6 Å².